The van der Waals surface area contributed by atoms with E-state index in [-0.39, 0.29) is 19.0 Å². The second kappa shape index (κ2) is 8.67. The summed E-state index contributed by atoms with van der Waals surface area (Å²) >= 11 is 0. The topological polar surface area (TPSA) is 91.2 Å². The summed E-state index contributed by atoms with van der Waals surface area (Å²) in [5.41, 5.74) is 0.969. The minimum Gasteiger partial charge on any atom is -0.468 e. The van der Waals surface area contributed by atoms with E-state index in [2.05, 4.69) is 15.4 Å². The first kappa shape index (κ1) is 15.7. The van der Waals surface area contributed by atoms with Crippen molar-refractivity contribution < 1.29 is 14.3 Å². The molecule has 6 nitrogen and oxygen atoms in total. The van der Waals surface area contributed by atoms with E-state index in [9.17, 15) is 9.59 Å². The molecule has 0 unspecified atom stereocenters. The normalized spacial score (nSPS) is 11.2. The van der Waals surface area contributed by atoms with Crippen LogP contribution < -0.4 is 10.6 Å². The van der Waals surface area contributed by atoms with E-state index < -0.39 is 12.0 Å². The highest BCUT2D eigenvalue weighted by Gasteiger charge is 2.18. The molecular weight excluding hydrogens is 258 g/mol. The first-order valence-corrected chi connectivity index (χ1v) is 6.16. The molecule has 20 heavy (non-hydrogen) atoms. The summed E-state index contributed by atoms with van der Waals surface area (Å²) in [4.78, 5) is 23.0. The quantitative estimate of drug-likeness (QED) is 0.540. The first-order chi connectivity index (χ1) is 9.67. The first-order valence-electron chi connectivity index (χ1n) is 6.16. The van der Waals surface area contributed by atoms with Crippen LogP contribution in [0.15, 0.2) is 30.3 Å². The molecule has 6 heteroatoms. The number of carbonyl (C=O) groups is 2. The summed E-state index contributed by atoms with van der Waals surface area (Å²) in [6.07, 6.45) is 0.440. The van der Waals surface area contributed by atoms with Gasteiger partial charge >= 0.3 is 5.97 Å². The monoisotopic (exact) mass is 275 g/mol. The van der Waals surface area contributed by atoms with Crippen LogP contribution in [0, 0.1) is 11.3 Å². The lowest BCUT2D eigenvalue weighted by Crippen LogP contribution is -2.47. The third-order valence-electron chi connectivity index (χ3n) is 2.66. The fourth-order valence-electron chi connectivity index (χ4n) is 1.63. The number of nitrogens with zero attached hydrogens (tertiary/aromatic N) is 1. The average Bonchev–Trinajstić information content (AvgIpc) is 2.49. The Kier molecular flexibility index (Phi) is 6.79. The number of carbonyl (C=O) groups excluding carboxylic acids is 2. The van der Waals surface area contributed by atoms with Gasteiger partial charge in [-0.3, -0.25) is 14.9 Å². The highest BCUT2D eigenvalue weighted by molar-refractivity contribution is 5.85. The van der Waals surface area contributed by atoms with Crippen molar-refractivity contribution in [2.45, 2.75) is 12.5 Å². The maximum atomic E-state index is 12.0. The second-order valence-electron chi connectivity index (χ2n) is 4.08. The maximum absolute atomic E-state index is 12.0. The number of nitrogens with one attached hydrogen (secondary N) is 2. The van der Waals surface area contributed by atoms with Gasteiger partial charge in [-0.15, -0.1) is 0 Å². The van der Waals surface area contributed by atoms with Gasteiger partial charge in [0, 0.05) is 0 Å². The number of hydrogen-bond donors (Lipinski definition) is 2. The van der Waals surface area contributed by atoms with E-state index in [0.717, 1.165) is 5.56 Å². The number of benzene rings is 1. The Balaban J connectivity index is 2.61. The molecule has 0 aromatic heterocycles. The number of esters is 1. The summed E-state index contributed by atoms with van der Waals surface area (Å²) in [5, 5.41) is 13.9. The van der Waals surface area contributed by atoms with E-state index >= 15 is 0 Å². The summed E-state index contributed by atoms with van der Waals surface area (Å²) in [7, 11) is 1.25. The SMILES string of the molecule is COC(=O)CNC(=O)[C@H](Cc1ccccc1)NCC#N. The van der Waals surface area contributed by atoms with Crippen molar-refractivity contribution in [2.75, 3.05) is 20.2 Å². The lowest BCUT2D eigenvalue weighted by Gasteiger charge is -2.16. The van der Waals surface area contributed by atoms with Crippen molar-refractivity contribution in [3.05, 3.63) is 35.9 Å². The number of ether oxygens (including phenoxy) is 1. The van der Waals surface area contributed by atoms with E-state index in [1.54, 1.807) is 0 Å². The fourth-order valence-corrected chi connectivity index (χ4v) is 1.63. The molecule has 1 aromatic rings. The number of amides is 1. The zero-order chi connectivity index (χ0) is 14.8. The maximum Gasteiger partial charge on any atom is 0.325 e. The number of methoxy groups -OCH3 is 1. The Morgan fingerprint density at radius 2 is 2.05 bits per heavy atom. The number of nitriles is 1. The van der Waals surface area contributed by atoms with Crippen molar-refractivity contribution >= 4 is 11.9 Å². The van der Waals surface area contributed by atoms with Gasteiger partial charge in [-0.05, 0) is 12.0 Å². The van der Waals surface area contributed by atoms with Gasteiger partial charge < -0.3 is 10.1 Å². The molecule has 106 valence electrons. The van der Waals surface area contributed by atoms with Crippen LogP contribution in [0.25, 0.3) is 0 Å². The molecule has 2 N–H and O–H groups in total. The second-order valence-corrected chi connectivity index (χ2v) is 4.08. The fraction of sp³-hybridized carbons (Fsp3) is 0.357. The lowest BCUT2D eigenvalue weighted by molar-refractivity contribution is -0.141. The highest BCUT2D eigenvalue weighted by atomic mass is 16.5. The Bertz CT molecular complexity index is 482. The van der Waals surface area contributed by atoms with Crippen LogP contribution in [0.4, 0.5) is 0 Å². The standard InChI is InChI=1S/C14H17N3O3/c1-20-13(18)10-17-14(19)12(16-8-7-15)9-11-5-3-2-4-6-11/h2-6,12,16H,8-10H2,1H3,(H,17,19)/t12-/m0/s1. The molecule has 0 spiro atoms. The molecule has 0 aliphatic rings. The van der Waals surface area contributed by atoms with Crippen molar-refractivity contribution in [2.24, 2.45) is 0 Å². The van der Waals surface area contributed by atoms with Crippen LogP contribution in [0.2, 0.25) is 0 Å². The highest BCUT2D eigenvalue weighted by Crippen LogP contribution is 2.03. The molecule has 0 aliphatic carbocycles. The van der Waals surface area contributed by atoms with Gasteiger partial charge in [0.15, 0.2) is 0 Å². The molecule has 0 radical (unpaired) electrons. The minimum atomic E-state index is -0.568. The van der Waals surface area contributed by atoms with E-state index in [1.165, 1.54) is 7.11 Å². The van der Waals surface area contributed by atoms with Crippen LogP contribution in [-0.2, 0) is 20.7 Å². The van der Waals surface area contributed by atoms with Gasteiger partial charge in [0.05, 0.1) is 25.8 Å². The molecule has 0 aliphatic heterocycles. The Morgan fingerprint density at radius 3 is 2.65 bits per heavy atom. The summed E-state index contributed by atoms with van der Waals surface area (Å²) in [6.45, 7) is -0.127. The molecule has 0 bridgehead atoms. The van der Waals surface area contributed by atoms with Crippen LogP contribution in [0.5, 0.6) is 0 Å². The molecule has 0 heterocycles. The van der Waals surface area contributed by atoms with Crippen molar-refractivity contribution in [3.8, 4) is 6.07 Å². The lowest BCUT2D eigenvalue weighted by atomic mass is 10.1. The average molecular weight is 275 g/mol. The van der Waals surface area contributed by atoms with Gasteiger partial charge in [0.2, 0.25) is 5.91 Å². The minimum absolute atomic E-state index is 0.0587. The zero-order valence-corrected chi connectivity index (χ0v) is 11.3. The molecule has 0 fully saturated rings. The molecule has 1 aromatic carbocycles. The Morgan fingerprint density at radius 1 is 1.35 bits per heavy atom. The van der Waals surface area contributed by atoms with Gasteiger partial charge in [-0.2, -0.15) is 5.26 Å². The number of hydrogen-bond acceptors (Lipinski definition) is 5. The van der Waals surface area contributed by atoms with E-state index in [1.807, 2.05) is 36.4 Å². The molecule has 1 rings (SSSR count). The Hall–Kier alpha value is -2.39. The van der Waals surface area contributed by atoms with Crippen LogP contribution in [0.3, 0.4) is 0 Å². The number of rotatable bonds is 7. The van der Waals surface area contributed by atoms with Crippen molar-refractivity contribution in [1.82, 2.24) is 10.6 Å². The van der Waals surface area contributed by atoms with Crippen molar-refractivity contribution in [1.29, 1.82) is 5.26 Å². The predicted octanol–water partition coefficient (Wildman–Crippen LogP) is 0.0000800. The summed E-state index contributed by atoms with van der Waals surface area (Å²) in [5.74, 6) is -0.855. The van der Waals surface area contributed by atoms with Crippen LogP contribution in [0.1, 0.15) is 5.56 Å². The molecule has 0 saturated heterocycles. The van der Waals surface area contributed by atoms with Gasteiger partial charge in [0.1, 0.15) is 6.54 Å². The summed E-state index contributed by atoms with van der Waals surface area (Å²) in [6, 6.07) is 10.8. The van der Waals surface area contributed by atoms with Crippen LogP contribution in [-0.4, -0.2) is 38.1 Å². The van der Waals surface area contributed by atoms with E-state index in [4.69, 9.17) is 5.26 Å². The third-order valence-corrected chi connectivity index (χ3v) is 2.66. The molecule has 0 saturated carbocycles. The largest absolute Gasteiger partial charge is 0.468 e. The van der Waals surface area contributed by atoms with Gasteiger partial charge in [0.25, 0.3) is 0 Å². The van der Waals surface area contributed by atoms with Gasteiger partial charge in [-0.25, -0.2) is 0 Å². The van der Waals surface area contributed by atoms with Crippen LogP contribution >= 0.6 is 0 Å². The molecule has 1 atom stereocenters. The Labute approximate surface area is 117 Å². The molecular formula is C14H17N3O3. The third kappa shape index (κ3) is 5.50. The molecule has 1 amide bonds. The van der Waals surface area contributed by atoms with E-state index in [0.29, 0.717) is 6.42 Å². The predicted molar refractivity (Wildman–Crippen MR) is 72.6 cm³/mol. The van der Waals surface area contributed by atoms with Crippen molar-refractivity contribution in [3.63, 3.8) is 0 Å². The zero-order valence-electron chi connectivity index (χ0n) is 11.3. The summed E-state index contributed by atoms with van der Waals surface area (Å²) < 4.78 is 4.45. The smallest absolute Gasteiger partial charge is 0.325 e. The van der Waals surface area contributed by atoms with Gasteiger partial charge in [-0.1, -0.05) is 30.3 Å².